The van der Waals surface area contributed by atoms with Gasteiger partial charge in [0, 0.05) is 11.1 Å². The molecule has 3 aromatic rings. The highest BCUT2D eigenvalue weighted by atomic mass is 19.2. The topological polar surface area (TPSA) is 0 Å². The van der Waals surface area contributed by atoms with E-state index in [2.05, 4.69) is 20.8 Å². The van der Waals surface area contributed by atoms with E-state index in [-0.39, 0.29) is 11.1 Å². The lowest BCUT2D eigenvalue weighted by molar-refractivity contribution is 0.505. The lowest BCUT2D eigenvalue weighted by Gasteiger charge is -2.14. The Morgan fingerprint density at radius 3 is 1.93 bits per heavy atom. The van der Waals surface area contributed by atoms with E-state index in [1.54, 1.807) is 12.1 Å². The van der Waals surface area contributed by atoms with Gasteiger partial charge in [-0.25, -0.2) is 13.2 Å². The second kappa shape index (κ2) is 8.86. The third kappa shape index (κ3) is 4.72. The largest absolute Gasteiger partial charge is 0.206 e. The number of aryl methyl sites for hydroxylation is 1. The highest BCUT2D eigenvalue weighted by molar-refractivity contribution is 5.71. The smallest absolute Gasteiger partial charge is 0.166 e. The van der Waals surface area contributed by atoms with Crippen LogP contribution in [0, 0.1) is 30.3 Å². The summed E-state index contributed by atoms with van der Waals surface area (Å²) in [6.07, 6.45) is 2.30. The molecular formula is C26H27F3. The van der Waals surface area contributed by atoms with Crippen LogP contribution in [0.3, 0.4) is 0 Å². The Hall–Kier alpha value is -2.55. The summed E-state index contributed by atoms with van der Waals surface area (Å²) in [5.74, 6) is -1.16. The fourth-order valence-corrected chi connectivity index (χ4v) is 3.53. The molecule has 0 spiro atoms. The first-order chi connectivity index (χ1) is 13.8. The van der Waals surface area contributed by atoms with Crippen LogP contribution in [0.25, 0.3) is 22.3 Å². The van der Waals surface area contributed by atoms with Crippen LogP contribution >= 0.6 is 0 Å². The van der Waals surface area contributed by atoms with Crippen molar-refractivity contribution in [3.8, 4) is 22.3 Å². The van der Waals surface area contributed by atoms with Gasteiger partial charge in [0.2, 0.25) is 0 Å². The van der Waals surface area contributed by atoms with Crippen LogP contribution in [-0.2, 0) is 0 Å². The summed E-state index contributed by atoms with van der Waals surface area (Å²) in [5.41, 5.74) is 3.07. The average molecular weight is 396 g/mol. The predicted molar refractivity (Wildman–Crippen MR) is 114 cm³/mol. The lowest BCUT2D eigenvalue weighted by Crippen LogP contribution is -1.97. The molecule has 1 unspecified atom stereocenters. The van der Waals surface area contributed by atoms with Crippen molar-refractivity contribution in [3.63, 3.8) is 0 Å². The van der Waals surface area contributed by atoms with E-state index in [4.69, 9.17) is 0 Å². The highest BCUT2D eigenvalue weighted by Gasteiger charge is 2.15. The summed E-state index contributed by atoms with van der Waals surface area (Å²) in [6.45, 7) is 8.15. The minimum atomic E-state index is -0.947. The van der Waals surface area contributed by atoms with Crippen LogP contribution in [0.1, 0.15) is 50.7 Å². The van der Waals surface area contributed by atoms with E-state index < -0.39 is 17.5 Å². The lowest BCUT2D eigenvalue weighted by atomic mass is 9.91. The molecule has 0 aliphatic rings. The number of hydrogen-bond acceptors (Lipinski definition) is 0. The molecule has 3 aromatic carbocycles. The minimum absolute atomic E-state index is 0.0628. The van der Waals surface area contributed by atoms with Crippen molar-refractivity contribution >= 4 is 0 Å². The van der Waals surface area contributed by atoms with Crippen LogP contribution in [0.2, 0.25) is 0 Å². The molecule has 0 amide bonds. The quantitative estimate of drug-likeness (QED) is 0.393. The maximum atomic E-state index is 14.8. The van der Waals surface area contributed by atoms with E-state index in [0.29, 0.717) is 23.0 Å². The second-order valence-electron chi connectivity index (χ2n) is 8.25. The monoisotopic (exact) mass is 396 g/mol. The van der Waals surface area contributed by atoms with Gasteiger partial charge in [-0.05, 0) is 53.5 Å². The van der Waals surface area contributed by atoms with Gasteiger partial charge in [-0.15, -0.1) is 0 Å². The van der Waals surface area contributed by atoms with E-state index in [1.165, 1.54) is 37.1 Å². The minimum Gasteiger partial charge on any atom is -0.206 e. The van der Waals surface area contributed by atoms with E-state index in [9.17, 15) is 13.2 Å². The third-order valence-corrected chi connectivity index (χ3v) is 5.52. The van der Waals surface area contributed by atoms with Crippen LogP contribution in [0.5, 0.6) is 0 Å². The van der Waals surface area contributed by atoms with Crippen LogP contribution in [-0.4, -0.2) is 0 Å². The Kier molecular flexibility index (Phi) is 6.46. The highest BCUT2D eigenvalue weighted by Crippen LogP contribution is 2.32. The summed E-state index contributed by atoms with van der Waals surface area (Å²) in [4.78, 5) is 0. The summed E-state index contributed by atoms with van der Waals surface area (Å²) in [5, 5.41) is 0. The van der Waals surface area contributed by atoms with Gasteiger partial charge < -0.3 is 0 Å². The molecule has 29 heavy (non-hydrogen) atoms. The van der Waals surface area contributed by atoms with Crippen molar-refractivity contribution in [1.82, 2.24) is 0 Å². The van der Waals surface area contributed by atoms with Gasteiger partial charge in [0.05, 0.1) is 0 Å². The van der Waals surface area contributed by atoms with Gasteiger partial charge in [0.15, 0.2) is 11.6 Å². The predicted octanol–water partition coefficient (Wildman–Crippen LogP) is 8.29. The molecule has 0 aromatic heterocycles. The standard InChI is InChI=1S/C26H27F3/c1-16(2)5-6-17(3)19-8-10-20(11-9-19)22-14-12-21(15-24(22)27)23-13-7-18(4)25(28)26(23)29/h7-17H,5-6H2,1-4H3. The van der Waals surface area contributed by atoms with Gasteiger partial charge in [-0.2, -0.15) is 0 Å². The zero-order chi connectivity index (χ0) is 21.1. The molecule has 0 aliphatic carbocycles. The fraction of sp³-hybridized carbons (Fsp3) is 0.308. The molecule has 3 heteroatoms. The third-order valence-electron chi connectivity index (χ3n) is 5.52. The number of rotatable bonds is 6. The van der Waals surface area contributed by atoms with Crippen molar-refractivity contribution in [2.75, 3.05) is 0 Å². The molecule has 0 bridgehead atoms. The first-order valence-corrected chi connectivity index (χ1v) is 10.1. The normalized spacial score (nSPS) is 12.4. The molecule has 0 radical (unpaired) electrons. The van der Waals surface area contributed by atoms with Crippen molar-refractivity contribution in [1.29, 1.82) is 0 Å². The first kappa shape index (κ1) is 21.2. The van der Waals surface area contributed by atoms with Crippen LogP contribution in [0.4, 0.5) is 13.2 Å². The fourth-order valence-electron chi connectivity index (χ4n) is 3.53. The maximum absolute atomic E-state index is 14.8. The van der Waals surface area contributed by atoms with Crippen molar-refractivity contribution < 1.29 is 13.2 Å². The van der Waals surface area contributed by atoms with E-state index in [1.807, 2.05) is 24.3 Å². The molecular weight excluding hydrogens is 369 g/mol. The van der Waals surface area contributed by atoms with Gasteiger partial charge >= 0.3 is 0 Å². The zero-order valence-corrected chi connectivity index (χ0v) is 17.4. The van der Waals surface area contributed by atoms with E-state index >= 15 is 0 Å². The van der Waals surface area contributed by atoms with Gasteiger partial charge in [-0.1, -0.05) is 75.7 Å². The molecule has 152 valence electrons. The van der Waals surface area contributed by atoms with Crippen LogP contribution in [0.15, 0.2) is 54.6 Å². The Labute approximate surface area is 171 Å². The Morgan fingerprint density at radius 2 is 1.31 bits per heavy atom. The molecule has 3 rings (SSSR count). The molecule has 1 atom stereocenters. The van der Waals surface area contributed by atoms with Gasteiger partial charge in [0.25, 0.3) is 0 Å². The molecule has 0 fully saturated rings. The second-order valence-corrected chi connectivity index (χ2v) is 8.25. The summed E-state index contributed by atoms with van der Waals surface area (Å²) < 4.78 is 42.9. The van der Waals surface area contributed by atoms with Crippen molar-refractivity contribution in [2.24, 2.45) is 5.92 Å². The average Bonchev–Trinajstić information content (AvgIpc) is 2.70. The molecule has 0 nitrogen and oxygen atoms in total. The molecule has 0 N–H and O–H groups in total. The zero-order valence-electron chi connectivity index (χ0n) is 17.4. The molecule has 0 saturated carbocycles. The number of hydrogen-bond donors (Lipinski definition) is 0. The molecule has 0 heterocycles. The maximum Gasteiger partial charge on any atom is 0.166 e. The summed E-state index contributed by atoms with van der Waals surface area (Å²) in [7, 11) is 0. The summed E-state index contributed by atoms with van der Waals surface area (Å²) in [6, 6.07) is 15.4. The van der Waals surface area contributed by atoms with Crippen molar-refractivity contribution in [3.05, 3.63) is 83.2 Å². The van der Waals surface area contributed by atoms with E-state index in [0.717, 1.165) is 12.0 Å². The first-order valence-electron chi connectivity index (χ1n) is 10.1. The molecule has 0 aliphatic heterocycles. The SMILES string of the molecule is Cc1ccc(-c2ccc(-c3ccc(C(C)CCC(C)C)cc3)c(F)c2)c(F)c1F. The Morgan fingerprint density at radius 1 is 0.690 bits per heavy atom. The van der Waals surface area contributed by atoms with Gasteiger partial charge in [0.1, 0.15) is 5.82 Å². The molecule has 0 saturated heterocycles. The number of halogens is 3. The van der Waals surface area contributed by atoms with Crippen LogP contribution < -0.4 is 0 Å². The van der Waals surface area contributed by atoms with Crippen molar-refractivity contribution in [2.45, 2.75) is 46.5 Å². The summed E-state index contributed by atoms with van der Waals surface area (Å²) >= 11 is 0. The Balaban J connectivity index is 1.85. The number of benzene rings is 3. The van der Waals surface area contributed by atoms with Gasteiger partial charge in [-0.3, -0.25) is 0 Å². The Bertz CT molecular complexity index is 988.